The van der Waals surface area contributed by atoms with E-state index in [0.717, 1.165) is 5.56 Å². The number of hydrogen-bond donors (Lipinski definition) is 4. The van der Waals surface area contributed by atoms with Crippen LogP contribution in [0, 0.1) is 5.92 Å². The smallest absolute Gasteiger partial charge is 0.326 e. The van der Waals surface area contributed by atoms with Crippen molar-refractivity contribution < 1.29 is 19.8 Å². The third-order valence-corrected chi connectivity index (χ3v) is 3.34. The highest BCUT2D eigenvalue weighted by molar-refractivity contribution is 5.82. The minimum absolute atomic E-state index is 0.0480. The van der Waals surface area contributed by atoms with Crippen molar-refractivity contribution in [2.75, 3.05) is 0 Å². The number of hydrogen-bond acceptors (Lipinski definition) is 3. The molecule has 4 N–H and O–H groups in total. The third kappa shape index (κ3) is 5.72. The van der Waals surface area contributed by atoms with E-state index in [0.29, 0.717) is 0 Å². The molecule has 0 aliphatic heterocycles. The Morgan fingerprint density at radius 2 is 1.67 bits per heavy atom. The van der Waals surface area contributed by atoms with Gasteiger partial charge in [-0.3, -0.25) is 0 Å². The summed E-state index contributed by atoms with van der Waals surface area (Å²) in [4.78, 5) is 23.0. The number of aliphatic carboxylic acids is 1. The van der Waals surface area contributed by atoms with E-state index < -0.39 is 18.0 Å². The molecule has 116 valence electrons. The Labute approximate surface area is 124 Å². The van der Waals surface area contributed by atoms with Gasteiger partial charge in [-0.2, -0.15) is 0 Å². The van der Waals surface area contributed by atoms with Crippen LogP contribution in [0.2, 0.25) is 0 Å². The van der Waals surface area contributed by atoms with Gasteiger partial charge in [-0.05, 0) is 30.5 Å². The van der Waals surface area contributed by atoms with Gasteiger partial charge in [0.2, 0.25) is 0 Å². The van der Waals surface area contributed by atoms with Crippen LogP contribution in [0.3, 0.4) is 0 Å². The van der Waals surface area contributed by atoms with Gasteiger partial charge in [0.05, 0.1) is 0 Å². The van der Waals surface area contributed by atoms with Crippen LogP contribution in [0.4, 0.5) is 4.79 Å². The summed E-state index contributed by atoms with van der Waals surface area (Å²) in [5.41, 5.74) is 0.720. The number of carbonyl (C=O) groups excluding carboxylic acids is 1. The van der Waals surface area contributed by atoms with Crippen molar-refractivity contribution in [2.24, 2.45) is 5.92 Å². The molecule has 6 heteroatoms. The van der Waals surface area contributed by atoms with Crippen LogP contribution in [-0.2, 0) is 11.2 Å². The SMILES string of the molecule is CC(C)C(C)NC(=O)N[C@H](Cc1ccc(O)cc1)C(=O)O. The number of phenolic OH excluding ortho intramolecular Hbond substituents is 1. The lowest BCUT2D eigenvalue weighted by atomic mass is 10.1. The summed E-state index contributed by atoms with van der Waals surface area (Å²) in [6, 6.07) is 4.65. The first-order valence-corrected chi connectivity index (χ1v) is 6.87. The molecule has 0 saturated carbocycles. The van der Waals surface area contributed by atoms with E-state index in [9.17, 15) is 19.8 Å². The van der Waals surface area contributed by atoms with Crippen LogP contribution in [-0.4, -0.2) is 34.3 Å². The Balaban J connectivity index is 2.63. The summed E-state index contributed by atoms with van der Waals surface area (Å²) >= 11 is 0. The first-order chi connectivity index (χ1) is 9.79. The number of carboxylic acids is 1. The highest BCUT2D eigenvalue weighted by Crippen LogP contribution is 2.11. The predicted molar refractivity (Wildman–Crippen MR) is 79.2 cm³/mol. The molecular formula is C15H22N2O4. The number of phenols is 1. The summed E-state index contributed by atoms with van der Waals surface area (Å²) in [5, 5.41) is 23.5. The topological polar surface area (TPSA) is 98.7 Å². The Morgan fingerprint density at radius 3 is 2.14 bits per heavy atom. The molecule has 0 spiro atoms. The maximum Gasteiger partial charge on any atom is 0.326 e. The molecule has 0 aliphatic rings. The fourth-order valence-corrected chi connectivity index (χ4v) is 1.64. The predicted octanol–water partition coefficient (Wildman–Crippen LogP) is 1.73. The zero-order chi connectivity index (χ0) is 16.0. The molecule has 0 aromatic heterocycles. The Hall–Kier alpha value is -2.24. The van der Waals surface area contributed by atoms with Crippen molar-refractivity contribution >= 4 is 12.0 Å². The van der Waals surface area contributed by atoms with E-state index in [-0.39, 0.29) is 24.1 Å². The van der Waals surface area contributed by atoms with Crippen molar-refractivity contribution in [3.63, 3.8) is 0 Å². The molecule has 1 aromatic rings. The summed E-state index contributed by atoms with van der Waals surface area (Å²) in [5.74, 6) is -0.728. The molecule has 0 heterocycles. The van der Waals surface area contributed by atoms with E-state index in [1.807, 2.05) is 20.8 Å². The molecule has 0 saturated heterocycles. The molecule has 1 unspecified atom stereocenters. The Bertz CT molecular complexity index is 485. The lowest BCUT2D eigenvalue weighted by molar-refractivity contribution is -0.139. The van der Waals surface area contributed by atoms with E-state index in [1.54, 1.807) is 12.1 Å². The number of urea groups is 1. The molecule has 6 nitrogen and oxygen atoms in total. The minimum atomic E-state index is -1.10. The van der Waals surface area contributed by atoms with Gasteiger partial charge in [-0.15, -0.1) is 0 Å². The standard InChI is InChI=1S/C15H22N2O4/c1-9(2)10(3)16-15(21)17-13(14(19)20)8-11-4-6-12(18)7-5-11/h4-7,9-10,13,18H,8H2,1-3H3,(H,19,20)(H2,16,17,21)/t10?,13-/m1/s1. The lowest BCUT2D eigenvalue weighted by Crippen LogP contribution is -2.50. The van der Waals surface area contributed by atoms with E-state index in [4.69, 9.17) is 0 Å². The second-order valence-corrected chi connectivity index (χ2v) is 5.41. The number of amides is 2. The summed E-state index contributed by atoms with van der Waals surface area (Å²) < 4.78 is 0. The van der Waals surface area contributed by atoms with Crippen LogP contribution < -0.4 is 10.6 Å². The van der Waals surface area contributed by atoms with Crippen molar-refractivity contribution in [1.82, 2.24) is 10.6 Å². The van der Waals surface area contributed by atoms with E-state index in [2.05, 4.69) is 10.6 Å². The third-order valence-electron chi connectivity index (χ3n) is 3.34. The monoisotopic (exact) mass is 294 g/mol. The lowest BCUT2D eigenvalue weighted by Gasteiger charge is -2.20. The van der Waals surface area contributed by atoms with Gasteiger partial charge in [0.15, 0.2) is 0 Å². The summed E-state index contributed by atoms with van der Waals surface area (Å²) in [6.45, 7) is 5.80. The van der Waals surface area contributed by atoms with Crippen LogP contribution in [0.5, 0.6) is 5.75 Å². The number of aromatic hydroxyl groups is 1. The van der Waals surface area contributed by atoms with Crippen molar-refractivity contribution in [3.8, 4) is 5.75 Å². The van der Waals surface area contributed by atoms with Crippen LogP contribution >= 0.6 is 0 Å². The number of rotatable bonds is 6. The maximum absolute atomic E-state index is 11.8. The maximum atomic E-state index is 11.8. The zero-order valence-corrected chi connectivity index (χ0v) is 12.5. The van der Waals surface area contributed by atoms with Crippen LogP contribution in [0.25, 0.3) is 0 Å². The first-order valence-electron chi connectivity index (χ1n) is 6.87. The molecule has 0 aliphatic carbocycles. The second-order valence-electron chi connectivity index (χ2n) is 5.41. The van der Waals surface area contributed by atoms with Gasteiger partial charge in [0, 0.05) is 12.5 Å². The number of carbonyl (C=O) groups is 2. The Morgan fingerprint density at radius 1 is 1.10 bits per heavy atom. The van der Waals surface area contributed by atoms with Gasteiger partial charge in [-0.25, -0.2) is 9.59 Å². The summed E-state index contributed by atoms with van der Waals surface area (Å²) in [7, 11) is 0. The fourth-order valence-electron chi connectivity index (χ4n) is 1.64. The minimum Gasteiger partial charge on any atom is -0.508 e. The van der Waals surface area contributed by atoms with E-state index >= 15 is 0 Å². The first kappa shape index (κ1) is 16.8. The molecular weight excluding hydrogens is 272 g/mol. The van der Waals surface area contributed by atoms with Gasteiger partial charge in [0.1, 0.15) is 11.8 Å². The van der Waals surface area contributed by atoms with Crippen LogP contribution in [0.15, 0.2) is 24.3 Å². The molecule has 1 rings (SSSR count). The summed E-state index contributed by atoms with van der Waals surface area (Å²) in [6.07, 6.45) is 0.152. The van der Waals surface area contributed by atoms with Crippen molar-refractivity contribution in [2.45, 2.75) is 39.3 Å². The molecule has 0 fully saturated rings. The van der Waals surface area contributed by atoms with E-state index in [1.165, 1.54) is 12.1 Å². The molecule has 0 bridgehead atoms. The highest BCUT2D eigenvalue weighted by Gasteiger charge is 2.21. The van der Waals surface area contributed by atoms with Gasteiger partial charge in [0.25, 0.3) is 0 Å². The number of nitrogens with one attached hydrogen (secondary N) is 2. The fraction of sp³-hybridized carbons (Fsp3) is 0.467. The van der Waals surface area contributed by atoms with Gasteiger partial charge < -0.3 is 20.8 Å². The molecule has 0 radical (unpaired) electrons. The van der Waals surface area contributed by atoms with Gasteiger partial charge in [-0.1, -0.05) is 26.0 Å². The molecule has 1 aromatic carbocycles. The van der Waals surface area contributed by atoms with Crippen LogP contribution in [0.1, 0.15) is 26.3 Å². The van der Waals surface area contributed by atoms with Gasteiger partial charge >= 0.3 is 12.0 Å². The Kier molecular flexibility index (Phi) is 6.02. The molecule has 2 amide bonds. The molecule has 21 heavy (non-hydrogen) atoms. The molecule has 2 atom stereocenters. The average molecular weight is 294 g/mol. The number of benzene rings is 1. The second kappa shape index (κ2) is 7.52. The van der Waals surface area contributed by atoms with Crippen molar-refractivity contribution in [1.29, 1.82) is 0 Å². The highest BCUT2D eigenvalue weighted by atomic mass is 16.4. The zero-order valence-electron chi connectivity index (χ0n) is 12.5. The van der Waals surface area contributed by atoms with Crippen molar-refractivity contribution in [3.05, 3.63) is 29.8 Å². The average Bonchev–Trinajstić information content (AvgIpc) is 2.40. The number of carboxylic acid groups (broad SMARTS) is 1. The largest absolute Gasteiger partial charge is 0.508 e. The quantitative estimate of drug-likeness (QED) is 0.642. The normalized spacial score (nSPS) is 13.5.